The van der Waals surface area contributed by atoms with Gasteiger partial charge in [-0.05, 0) is 47.7 Å². The second kappa shape index (κ2) is 13.7. The van der Waals surface area contributed by atoms with Crippen LogP contribution in [0.5, 0.6) is 5.06 Å². The molecule has 0 aliphatic carbocycles. The van der Waals surface area contributed by atoms with E-state index in [0.717, 1.165) is 72.7 Å². The Kier molecular flexibility index (Phi) is 9.58. The summed E-state index contributed by atoms with van der Waals surface area (Å²) < 4.78 is 11.0. The number of hydrogen-bond donors (Lipinski definition) is 3. The van der Waals surface area contributed by atoms with Crippen molar-refractivity contribution < 1.29 is 19.4 Å². The fraction of sp³-hybridized carbons (Fsp3) is 0.333. The van der Waals surface area contributed by atoms with Crippen LogP contribution >= 0.6 is 11.3 Å². The van der Waals surface area contributed by atoms with Gasteiger partial charge >= 0.3 is 6.09 Å². The molecule has 1 amide bonds. The van der Waals surface area contributed by atoms with Gasteiger partial charge in [0.2, 0.25) is 0 Å². The Morgan fingerprint density at radius 2 is 2.05 bits per heavy atom. The van der Waals surface area contributed by atoms with E-state index >= 15 is 0 Å². The third kappa shape index (κ3) is 7.35. The van der Waals surface area contributed by atoms with Crippen LogP contribution in [-0.2, 0) is 11.3 Å². The number of para-hydroxylation sites is 1. The van der Waals surface area contributed by atoms with Crippen LogP contribution in [0.15, 0.2) is 53.9 Å². The Hall–Kier alpha value is -3.54. The van der Waals surface area contributed by atoms with Gasteiger partial charge in [-0.15, -0.1) is 11.3 Å². The van der Waals surface area contributed by atoms with Crippen molar-refractivity contribution in [2.24, 2.45) is 0 Å². The number of H-pyrrole nitrogens is 1. The zero-order valence-corrected chi connectivity index (χ0v) is 23.5. The quantitative estimate of drug-likeness (QED) is 0.241. The number of carbonyl (C=O) groups excluding carboxylic acids is 1. The summed E-state index contributed by atoms with van der Waals surface area (Å²) in [4.78, 5) is 17.5. The van der Waals surface area contributed by atoms with E-state index in [1.165, 1.54) is 11.3 Å². The number of nitrogens with zero attached hydrogens (tertiary/aromatic N) is 3. The number of aromatic nitrogens is 2. The van der Waals surface area contributed by atoms with Crippen molar-refractivity contribution >= 4 is 46.2 Å². The zero-order chi connectivity index (χ0) is 27.7. The summed E-state index contributed by atoms with van der Waals surface area (Å²) in [7, 11) is 0. The van der Waals surface area contributed by atoms with Crippen LogP contribution in [0.25, 0.3) is 23.1 Å². The Labute approximate surface area is 238 Å². The maximum atomic E-state index is 12.9. The number of aryl methyl sites for hydroxylation is 1. The molecule has 0 saturated carbocycles. The molecule has 1 aliphatic rings. The Morgan fingerprint density at radius 1 is 1.20 bits per heavy atom. The molecule has 0 atom stereocenters. The lowest BCUT2D eigenvalue weighted by Gasteiger charge is -2.30. The molecule has 40 heavy (non-hydrogen) atoms. The van der Waals surface area contributed by atoms with E-state index in [0.29, 0.717) is 23.8 Å². The third-order valence-corrected chi connectivity index (χ3v) is 7.83. The monoisotopic (exact) mass is 561 g/mol. The first-order valence-electron chi connectivity index (χ1n) is 13.5. The van der Waals surface area contributed by atoms with E-state index in [-0.39, 0.29) is 6.61 Å². The number of ether oxygens (including phenoxy) is 2. The smallest absolute Gasteiger partial charge is 0.399 e. The molecule has 2 aromatic carbocycles. The van der Waals surface area contributed by atoms with Crippen LogP contribution < -0.4 is 10.1 Å². The summed E-state index contributed by atoms with van der Waals surface area (Å²) in [5.41, 5.74) is 5.20. The number of amides is 1. The predicted molar refractivity (Wildman–Crippen MR) is 160 cm³/mol. The van der Waals surface area contributed by atoms with Crippen molar-refractivity contribution in [2.75, 3.05) is 57.9 Å². The first kappa shape index (κ1) is 28.0. The normalized spacial score (nSPS) is 14.4. The lowest BCUT2D eigenvalue weighted by Crippen LogP contribution is -2.41. The van der Waals surface area contributed by atoms with Crippen molar-refractivity contribution in [1.82, 2.24) is 20.0 Å². The van der Waals surface area contributed by atoms with Crippen molar-refractivity contribution in [3.63, 3.8) is 0 Å². The van der Waals surface area contributed by atoms with Crippen molar-refractivity contribution in [2.45, 2.75) is 13.5 Å². The molecule has 1 fully saturated rings. The summed E-state index contributed by atoms with van der Waals surface area (Å²) in [6.45, 7) is 8.34. The number of aliphatic hydroxyl groups excluding tert-OH is 1. The highest BCUT2D eigenvalue weighted by Crippen LogP contribution is 2.27. The highest BCUT2D eigenvalue weighted by Gasteiger charge is 2.15. The number of fused-ring (bicyclic) bond motifs is 1. The SMILES string of the molecule is Cc1ccsc1OC(=O)Nc1cc(CN(CCO)CCN2CCOCC2)ccc1/C=C/c1n[nH]c2ccccc12. The highest BCUT2D eigenvalue weighted by molar-refractivity contribution is 7.12. The van der Waals surface area contributed by atoms with E-state index in [9.17, 15) is 9.90 Å². The molecule has 10 heteroatoms. The minimum atomic E-state index is -0.540. The van der Waals surface area contributed by atoms with E-state index in [1.807, 2.05) is 66.9 Å². The fourth-order valence-corrected chi connectivity index (χ4v) is 5.47. The number of morpholine rings is 1. The van der Waals surface area contributed by atoms with Crippen LogP contribution in [0.1, 0.15) is 22.4 Å². The Morgan fingerprint density at radius 3 is 2.85 bits per heavy atom. The average molecular weight is 562 g/mol. The Bertz CT molecular complexity index is 1440. The van der Waals surface area contributed by atoms with Gasteiger partial charge < -0.3 is 14.6 Å². The van der Waals surface area contributed by atoms with Gasteiger partial charge in [-0.25, -0.2) is 4.79 Å². The van der Waals surface area contributed by atoms with Crippen LogP contribution in [0.3, 0.4) is 0 Å². The minimum Gasteiger partial charge on any atom is -0.399 e. The average Bonchev–Trinajstić information content (AvgIpc) is 3.57. The lowest BCUT2D eigenvalue weighted by atomic mass is 10.1. The third-order valence-electron chi connectivity index (χ3n) is 6.93. The molecule has 0 radical (unpaired) electrons. The van der Waals surface area contributed by atoms with Crippen LogP contribution in [0.2, 0.25) is 0 Å². The summed E-state index contributed by atoms with van der Waals surface area (Å²) >= 11 is 1.39. The van der Waals surface area contributed by atoms with E-state index in [2.05, 4.69) is 31.4 Å². The summed E-state index contributed by atoms with van der Waals surface area (Å²) in [6, 6.07) is 15.9. The molecule has 0 bridgehead atoms. The second-order valence-corrected chi connectivity index (χ2v) is 10.6. The maximum Gasteiger partial charge on any atom is 0.417 e. The van der Waals surface area contributed by atoms with Gasteiger partial charge in [0.15, 0.2) is 5.06 Å². The topological polar surface area (TPSA) is 103 Å². The number of carbonyl (C=O) groups is 1. The molecule has 4 aromatic rings. The number of thiophene rings is 1. The van der Waals surface area contributed by atoms with Gasteiger partial charge in [-0.3, -0.25) is 20.2 Å². The maximum absolute atomic E-state index is 12.9. The number of benzene rings is 2. The van der Waals surface area contributed by atoms with Gasteiger partial charge in [0.25, 0.3) is 0 Å². The van der Waals surface area contributed by atoms with Crippen LogP contribution in [0.4, 0.5) is 10.5 Å². The molecule has 5 rings (SSSR count). The molecular weight excluding hydrogens is 526 g/mol. The molecular formula is C30H35N5O4S. The first-order chi connectivity index (χ1) is 19.6. The van der Waals surface area contributed by atoms with Crippen molar-refractivity contribution in [1.29, 1.82) is 0 Å². The Balaban J connectivity index is 1.35. The molecule has 2 aromatic heterocycles. The zero-order valence-electron chi connectivity index (χ0n) is 22.6. The van der Waals surface area contributed by atoms with Crippen molar-refractivity contribution in [3.05, 3.63) is 76.3 Å². The summed E-state index contributed by atoms with van der Waals surface area (Å²) in [6.07, 6.45) is 3.35. The summed E-state index contributed by atoms with van der Waals surface area (Å²) in [5, 5.41) is 23.6. The van der Waals surface area contributed by atoms with Gasteiger partial charge in [0.05, 0.1) is 36.7 Å². The van der Waals surface area contributed by atoms with Crippen molar-refractivity contribution in [3.8, 4) is 5.06 Å². The molecule has 1 saturated heterocycles. The second-order valence-electron chi connectivity index (χ2n) is 9.77. The lowest BCUT2D eigenvalue weighted by molar-refractivity contribution is 0.0320. The summed E-state index contributed by atoms with van der Waals surface area (Å²) in [5.74, 6) is 0. The van der Waals surface area contributed by atoms with Gasteiger partial charge in [0.1, 0.15) is 0 Å². The number of hydrogen-bond acceptors (Lipinski definition) is 8. The molecule has 210 valence electrons. The van der Waals surface area contributed by atoms with Gasteiger partial charge in [0, 0.05) is 50.2 Å². The number of nitrogens with one attached hydrogen (secondary N) is 2. The largest absolute Gasteiger partial charge is 0.417 e. The standard InChI is InChI=1S/C30H35N5O4S/c1-22-10-19-40-29(22)39-30(37)31-28-20-23(21-35(13-16-36)12-11-34-14-17-38-18-15-34)6-7-24(28)8-9-27-25-4-2-3-5-26(25)32-33-27/h2-10,19-20,36H,11-18,21H2,1H3,(H,31,37)(H,32,33)/b9-8+. The minimum absolute atomic E-state index is 0.0825. The molecule has 3 N–H and O–H groups in total. The molecule has 1 aliphatic heterocycles. The highest BCUT2D eigenvalue weighted by atomic mass is 32.1. The molecule has 0 spiro atoms. The van der Waals surface area contributed by atoms with Crippen LogP contribution in [-0.4, -0.2) is 83.7 Å². The van der Waals surface area contributed by atoms with E-state index in [4.69, 9.17) is 9.47 Å². The molecule has 0 unspecified atom stereocenters. The molecule has 9 nitrogen and oxygen atoms in total. The first-order valence-corrected chi connectivity index (χ1v) is 14.4. The predicted octanol–water partition coefficient (Wildman–Crippen LogP) is 4.84. The number of aliphatic hydroxyl groups is 1. The van der Waals surface area contributed by atoms with Crippen LogP contribution in [0, 0.1) is 6.92 Å². The fourth-order valence-electron chi connectivity index (χ4n) is 4.70. The van der Waals surface area contributed by atoms with E-state index < -0.39 is 6.09 Å². The van der Waals surface area contributed by atoms with E-state index in [1.54, 1.807) is 0 Å². The molecule has 3 heterocycles. The van der Waals surface area contributed by atoms with Gasteiger partial charge in [-0.2, -0.15) is 5.10 Å². The number of aromatic amines is 1. The number of anilines is 1. The number of rotatable bonds is 11. The van der Waals surface area contributed by atoms with Gasteiger partial charge in [-0.1, -0.05) is 36.4 Å².